The topological polar surface area (TPSA) is 102 Å². The fourth-order valence-corrected chi connectivity index (χ4v) is 4.80. The lowest BCUT2D eigenvalue weighted by Crippen LogP contribution is -2.47. The Kier molecular flexibility index (Phi) is 6.77. The van der Waals surface area contributed by atoms with Gasteiger partial charge in [-0.2, -0.15) is 0 Å². The van der Waals surface area contributed by atoms with Crippen LogP contribution >= 0.6 is 0 Å². The highest BCUT2D eigenvalue weighted by Gasteiger charge is 2.28. The highest BCUT2D eigenvalue weighted by molar-refractivity contribution is 7.91. The van der Waals surface area contributed by atoms with Crippen LogP contribution in [0, 0.1) is 0 Å². The van der Waals surface area contributed by atoms with Crippen LogP contribution in [0.5, 0.6) is 0 Å². The summed E-state index contributed by atoms with van der Waals surface area (Å²) in [4.78, 5) is 25.8. The summed E-state index contributed by atoms with van der Waals surface area (Å²) in [5.41, 5.74) is 0.936. The van der Waals surface area contributed by atoms with E-state index in [-0.39, 0.29) is 36.4 Å². The second-order valence-corrected chi connectivity index (χ2v) is 9.51. The quantitative estimate of drug-likeness (QED) is 0.816. The number of piperidine rings is 1. The smallest absolute Gasteiger partial charge is 0.410 e. The highest BCUT2D eigenvalue weighted by Crippen LogP contribution is 2.17. The van der Waals surface area contributed by atoms with Gasteiger partial charge in [0.1, 0.15) is 12.7 Å². The average Bonchev–Trinajstić information content (AvgIpc) is 2.69. The van der Waals surface area contributed by atoms with Crippen molar-refractivity contribution in [2.45, 2.75) is 44.4 Å². The Morgan fingerprint density at radius 2 is 1.68 bits per heavy atom. The molecule has 1 aromatic carbocycles. The van der Waals surface area contributed by atoms with E-state index in [1.54, 1.807) is 4.90 Å². The first-order valence-corrected chi connectivity index (χ1v) is 11.4. The fraction of sp³-hybridized carbons (Fsp3) is 0.579. The summed E-state index contributed by atoms with van der Waals surface area (Å²) in [5, 5.41) is 2.81. The van der Waals surface area contributed by atoms with Crippen LogP contribution in [0.1, 0.15) is 31.2 Å². The Morgan fingerprint density at radius 1 is 1.04 bits per heavy atom. The van der Waals surface area contributed by atoms with Crippen molar-refractivity contribution in [1.29, 1.82) is 0 Å². The molecule has 2 saturated heterocycles. The molecule has 2 aliphatic rings. The van der Waals surface area contributed by atoms with Gasteiger partial charge in [0.25, 0.3) is 0 Å². The summed E-state index contributed by atoms with van der Waals surface area (Å²) in [5.74, 6) is 0.128. The number of alkyl carbamates (subject to hydrolysis) is 1. The second-order valence-electron chi connectivity index (χ2n) is 7.20. The number of likely N-dealkylation sites (tertiary alicyclic amines) is 1. The van der Waals surface area contributed by atoms with Crippen molar-refractivity contribution >= 4 is 22.0 Å². The van der Waals surface area contributed by atoms with E-state index < -0.39 is 15.9 Å². The summed E-state index contributed by atoms with van der Waals surface area (Å²) in [6.07, 6.45) is 0.714. The minimum Gasteiger partial charge on any atom is -0.446 e. The third-order valence-corrected chi connectivity index (χ3v) is 6.77. The summed E-state index contributed by atoms with van der Waals surface area (Å²) < 4.78 is 33.5. The molecule has 0 radical (unpaired) electrons. The Hall–Kier alpha value is -2.29. The molecule has 0 saturated carbocycles. The van der Waals surface area contributed by atoms with Crippen molar-refractivity contribution in [3.63, 3.8) is 0 Å². The monoisotopic (exact) mass is 410 g/mol. The van der Waals surface area contributed by atoms with E-state index in [1.165, 1.54) is 0 Å². The Labute approximate surface area is 165 Å². The van der Waals surface area contributed by atoms with Gasteiger partial charge in [0.2, 0.25) is 0 Å². The minimum absolute atomic E-state index is 0.0639. The fourth-order valence-electron chi connectivity index (χ4n) is 3.36. The van der Waals surface area contributed by atoms with Gasteiger partial charge in [-0.05, 0) is 31.2 Å². The largest absolute Gasteiger partial charge is 0.446 e. The first-order valence-electron chi connectivity index (χ1n) is 9.54. The molecule has 2 aliphatic heterocycles. The van der Waals surface area contributed by atoms with Gasteiger partial charge >= 0.3 is 12.2 Å². The molecule has 2 heterocycles. The van der Waals surface area contributed by atoms with Gasteiger partial charge in [-0.3, -0.25) is 0 Å². The number of sulfone groups is 1. The lowest BCUT2D eigenvalue weighted by Gasteiger charge is -2.32. The number of carbonyl (C=O) groups is 2. The number of hydrogen-bond donors (Lipinski definition) is 1. The molecule has 0 bridgehead atoms. The van der Waals surface area contributed by atoms with Crippen molar-refractivity contribution in [1.82, 2.24) is 10.2 Å². The van der Waals surface area contributed by atoms with E-state index in [4.69, 9.17) is 9.47 Å². The van der Waals surface area contributed by atoms with E-state index >= 15 is 0 Å². The number of amides is 2. The third kappa shape index (κ3) is 6.12. The van der Waals surface area contributed by atoms with Crippen LogP contribution in [0.4, 0.5) is 9.59 Å². The highest BCUT2D eigenvalue weighted by atomic mass is 32.2. The number of nitrogens with one attached hydrogen (secondary N) is 1. The molecule has 2 fully saturated rings. The summed E-state index contributed by atoms with van der Waals surface area (Å²) >= 11 is 0. The zero-order chi connectivity index (χ0) is 20.0. The molecule has 2 amide bonds. The van der Waals surface area contributed by atoms with Crippen molar-refractivity contribution in [2.75, 3.05) is 24.6 Å². The molecule has 0 spiro atoms. The summed E-state index contributed by atoms with van der Waals surface area (Å²) in [6, 6.07) is 9.42. The van der Waals surface area contributed by atoms with Crippen LogP contribution in [0.15, 0.2) is 30.3 Å². The minimum atomic E-state index is -2.98. The third-order valence-electron chi connectivity index (χ3n) is 5.06. The van der Waals surface area contributed by atoms with Gasteiger partial charge in [-0.15, -0.1) is 0 Å². The van der Waals surface area contributed by atoms with Crippen LogP contribution in [-0.2, 0) is 25.9 Å². The Balaban J connectivity index is 1.34. The number of benzene rings is 1. The average molecular weight is 410 g/mol. The van der Waals surface area contributed by atoms with Crippen LogP contribution in [-0.4, -0.2) is 62.2 Å². The van der Waals surface area contributed by atoms with Gasteiger partial charge in [-0.25, -0.2) is 18.0 Å². The van der Waals surface area contributed by atoms with E-state index in [2.05, 4.69) is 5.32 Å². The molecule has 0 aliphatic carbocycles. The molecular weight excluding hydrogens is 384 g/mol. The number of nitrogens with zero attached hydrogens (tertiary/aromatic N) is 1. The summed E-state index contributed by atoms with van der Waals surface area (Å²) in [7, 11) is -2.98. The molecular formula is C19H26N2O6S. The van der Waals surface area contributed by atoms with Crippen molar-refractivity contribution < 1.29 is 27.5 Å². The van der Waals surface area contributed by atoms with E-state index in [9.17, 15) is 18.0 Å². The molecule has 1 N–H and O–H groups in total. The lowest BCUT2D eigenvalue weighted by molar-refractivity contribution is 0.0758. The first kappa shape index (κ1) is 20.4. The molecule has 9 heteroatoms. The molecule has 3 rings (SSSR count). The molecule has 28 heavy (non-hydrogen) atoms. The number of rotatable bonds is 4. The van der Waals surface area contributed by atoms with Crippen molar-refractivity contribution in [3.05, 3.63) is 35.9 Å². The van der Waals surface area contributed by atoms with Crippen LogP contribution in [0.25, 0.3) is 0 Å². The normalized spacial score (nSPS) is 20.4. The maximum Gasteiger partial charge on any atom is 0.410 e. The molecule has 1 aromatic rings. The van der Waals surface area contributed by atoms with Gasteiger partial charge < -0.3 is 19.7 Å². The molecule has 154 valence electrons. The molecule has 0 unspecified atom stereocenters. The number of ether oxygens (including phenoxy) is 2. The predicted octanol–water partition coefficient (Wildman–Crippen LogP) is 2.09. The van der Waals surface area contributed by atoms with Crippen LogP contribution < -0.4 is 5.32 Å². The zero-order valence-corrected chi connectivity index (χ0v) is 16.5. The van der Waals surface area contributed by atoms with Crippen molar-refractivity contribution in [3.8, 4) is 0 Å². The summed E-state index contributed by atoms with van der Waals surface area (Å²) in [6.45, 7) is 1.24. The standard InChI is InChI=1S/C19H26N2O6S/c22-18(27-17-8-12-28(24,25)13-9-17)20-16-6-10-21(11-7-16)19(23)26-14-15-4-2-1-3-5-15/h1-5,16-17H,6-14H2,(H,20,22). The first-order chi connectivity index (χ1) is 13.4. The number of hydrogen-bond acceptors (Lipinski definition) is 6. The molecule has 0 atom stereocenters. The van der Waals surface area contributed by atoms with Gasteiger partial charge in [0.15, 0.2) is 9.84 Å². The SMILES string of the molecule is O=C(NC1CCN(C(=O)OCc2ccccc2)CC1)OC1CCS(=O)(=O)CC1. The number of carbonyl (C=O) groups excluding carboxylic acids is 2. The maximum absolute atomic E-state index is 12.2. The van der Waals surface area contributed by atoms with Crippen molar-refractivity contribution in [2.24, 2.45) is 0 Å². The van der Waals surface area contributed by atoms with E-state index in [0.717, 1.165) is 5.56 Å². The van der Waals surface area contributed by atoms with Crippen LogP contribution in [0.2, 0.25) is 0 Å². The predicted molar refractivity (Wildman–Crippen MR) is 103 cm³/mol. The van der Waals surface area contributed by atoms with Crippen LogP contribution in [0.3, 0.4) is 0 Å². The lowest BCUT2D eigenvalue weighted by atomic mass is 10.1. The molecule has 0 aromatic heterocycles. The Morgan fingerprint density at radius 3 is 2.32 bits per heavy atom. The van der Waals surface area contributed by atoms with Gasteiger partial charge in [0.05, 0.1) is 11.5 Å². The van der Waals surface area contributed by atoms with Gasteiger partial charge in [-0.1, -0.05) is 30.3 Å². The molecule has 8 nitrogen and oxygen atoms in total. The second kappa shape index (κ2) is 9.27. The zero-order valence-electron chi connectivity index (χ0n) is 15.7. The van der Waals surface area contributed by atoms with E-state index in [0.29, 0.717) is 38.8 Å². The Bertz CT molecular complexity index is 761. The maximum atomic E-state index is 12.2. The van der Waals surface area contributed by atoms with E-state index in [1.807, 2.05) is 30.3 Å². The van der Waals surface area contributed by atoms with Gasteiger partial charge in [0, 0.05) is 19.1 Å².